The number of hydrogen-bond donors (Lipinski definition) is 2. The average molecular weight is 559 g/mol. The van der Waals surface area contributed by atoms with Crippen LogP contribution in [0.15, 0.2) is 54.6 Å². The van der Waals surface area contributed by atoms with E-state index in [9.17, 15) is 19.2 Å². The van der Waals surface area contributed by atoms with Crippen LogP contribution in [0, 0.1) is 23.2 Å². The van der Waals surface area contributed by atoms with Gasteiger partial charge in [0.25, 0.3) is 11.8 Å². The Morgan fingerprint density at radius 1 is 0.854 bits per heavy atom. The van der Waals surface area contributed by atoms with Crippen molar-refractivity contribution in [2.75, 3.05) is 34.8 Å². The molecule has 4 bridgehead atoms. The summed E-state index contributed by atoms with van der Waals surface area (Å²) < 4.78 is 5.11. The highest BCUT2D eigenvalue weighted by Crippen LogP contribution is 2.60. The molecule has 0 aromatic heterocycles. The van der Waals surface area contributed by atoms with Gasteiger partial charge in [0.1, 0.15) is 0 Å². The largest absolute Gasteiger partial charge is 0.466 e. The van der Waals surface area contributed by atoms with Crippen LogP contribution < -0.4 is 20.4 Å². The highest BCUT2D eigenvalue weighted by Gasteiger charge is 2.53. The number of para-hydroxylation sites is 3. The maximum Gasteiger partial charge on any atom is 0.320 e. The van der Waals surface area contributed by atoms with Gasteiger partial charge in [-0.15, -0.1) is 0 Å². The minimum Gasteiger partial charge on any atom is -0.466 e. The fourth-order valence-corrected chi connectivity index (χ4v) is 8.17. The molecule has 4 amide bonds. The van der Waals surface area contributed by atoms with Crippen molar-refractivity contribution >= 4 is 40.9 Å². The normalized spacial score (nSPS) is 28.2. The van der Waals surface area contributed by atoms with Crippen molar-refractivity contribution in [3.63, 3.8) is 0 Å². The molecule has 2 aromatic carbocycles. The quantitative estimate of drug-likeness (QED) is 0.360. The summed E-state index contributed by atoms with van der Waals surface area (Å²) in [4.78, 5) is 57.0. The standard InChI is InChI=1S/C32H38N4O5/c1-2-41-27(37)12-13-35-25-10-6-7-11-26(25)36(20-32-17-21-14-22(18-32)16-23(15-21)19-32)30(39)28(29(35)38)34-31(40)33-24-8-4-3-5-9-24/h3-11,21-23,28H,2,12-20H2,1H3,(H2,33,34,40). The molecule has 2 aromatic rings. The number of rotatable bonds is 8. The number of esters is 1. The van der Waals surface area contributed by atoms with Gasteiger partial charge in [0.15, 0.2) is 6.04 Å². The van der Waals surface area contributed by atoms with Crippen molar-refractivity contribution in [2.45, 2.75) is 57.9 Å². The first-order valence-electron chi connectivity index (χ1n) is 14.8. The highest BCUT2D eigenvalue weighted by molar-refractivity contribution is 6.21. The molecule has 9 heteroatoms. The third-order valence-electron chi connectivity index (χ3n) is 9.30. The van der Waals surface area contributed by atoms with Crippen LogP contribution >= 0.6 is 0 Å². The van der Waals surface area contributed by atoms with Crippen LogP contribution in [0.5, 0.6) is 0 Å². The van der Waals surface area contributed by atoms with Crippen molar-refractivity contribution in [1.29, 1.82) is 0 Å². The molecule has 4 saturated carbocycles. The lowest BCUT2D eigenvalue weighted by molar-refractivity contribution is -0.142. The Bertz CT molecular complexity index is 1290. The third kappa shape index (κ3) is 5.54. The van der Waals surface area contributed by atoms with Gasteiger partial charge in [-0.25, -0.2) is 4.79 Å². The predicted octanol–water partition coefficient (Wildman–Crippen LogP) is 4.73. The number of anilines is 3. The first kappa shape index (κ1) is 27.3. The fraction of sp³-hybridized carbons (Fsp3) is 0.500. The second-order valence-corrected chi connectivity index (χ2v) is 12.3. The van der Waals surface area contributed by atoms with Gasteiger partial charge in [0, 0.05) is 18.8 Å². The number of ether oxygens (including phenoxy) is 1. The van der Waals surface area contributed by atoms with Crippen LogP contribution in [0.4, 0.5) is 21.9 Å². The molecular weight excluding hydrogens is 520 g/mol. The molecule has 1 heterocycles. The lowest BCUT2D eigenvalue weighted by Crippen LogP contribution is -2.59. The van der Waals surface area contributed by atoms with Crippen LogP contribution in [-0.2, 0) is 19.1 Å². The van der Waals surface area contributed by atoms with Gasteiger partial charge in [-0.2, -0.15) is 0 Å². The Balaban J connectivity index is 1.33. The van der Waals surface area contributed by atoms with E-state index in [0.717, 1.165) is 19.3 Å². The van der Waals surface area contributed by atoms with Crippen LogP contribution in [0.3, 0.4) is 0 Å². The van der Waals surface area contributed by atoms with E-state index in [4.69, 9.17) is 4.74 Å². The second kappa shape index (κ2) is 11.2. The van der Waals surface area contributed by atoms with E-state index >= 15 is 0 Å². The van der Waals surface area contributed by atoms with Crippen molar-refractivity contribution in [2.24, 2.45) is 23.2 Å². The summed E-state index contributed by atoms with van der Waals surface area (Å²) in [7, 11) is 0. The first-order chi connectivity index (χ1) is 19.8. The topological polar surface area (TPSA) is 108 Å². The number of amides is 4. The zero-order valence-corrected chi connectivity index (χ0v) is 23.5. The van der Waals surface area contributed by atoms with Gasteiger partial charge in [-0.3, -0.25) is 14.4 Å². The summed E-state index contributed by atoms with van der Waals surface area (Å²) in [6, 6.07) is 14.2. The molecule has 0 saturated heterocycles. The molecule has 1 aliphatic heterocycles. The molecule has 0 radical (unpaired) electrons. The van der Waals surface area contributed by atoms with E-state index in [1.165, 1.54) is 24.2 Å². The van der Waals surface area contributed by atoms with Crippen LogP contribution in [-0.4, -0.2) is 49.6 Å². The van der Waals surface area contributed by atoms with Gasteiger partial charge in [-0.05, 0) is 92.9 Å². The lowest BCUT2D eigenvalue weighted by Gasteiger charge is -2.57. The Morgan fingerprint density at radius 3 is 2.02 bits per heavy atom. The molecule has 0 spiro atoms. The minimum absolute atomic E-state index is 0.0114. The van der Waals surface area contributed by atoms with E-state index < -0.39 is 29.9 Å². The van der Waals surface area contributed by atoms with Gasteiger partial charge in [-0.1, -0.05) is 30.3 Å². The van der Waals surface area contributed by atoms with Crippen molar-refractivity contribution in [1.82, 2.24) is 5.32 Å². The van der Waals surface area contributed by atoms with Gasteiger partial charge in [0.05, 0.1) is 24.4 Å². The smallest absolute Gasteiger partial charge is 0.320 e. The molecule has 4 fully saturated rings. The summed E-state index contributed by atoms with van der Waals surface area (Å²) in [5.41, 5.74) is 1.76. The molecule has 1 unspecified atom stereocenters. The summed E-state index contributed by atoms with van der Waals surface area (Å²) >= 11 is 0. The third-order valence-corrected chi connectivity index (χ3v) is 9.30. The van der Waals surface area contributed by atoms with E-state index in [1.807, 2.05) is 30.3 Å². The predicted molar refractivity (Wildman–Crippen MR) is 155 cm³/mol. The number of hydrogen-bond acceptors (Lipinski definition) is 5. The zero-order chi connectivity index (χ0) is 28.6. The summed E-state index contributed by atoms with van der Waals surface area (Å²) in [6.45, 7) is 2.52. The van der Waals surface area contributed by atoms with Crippen LogP contribution in [0.2, 0.25) is 0 Å². The Labute approximate surface area is 240 Å². The Hall–Kier alpha value is -3.88. The molecule has 5 aliphatic rings. The second-order valence-electron chi connectivity index (χ2n) is 12.3. The van der Waals surface area contributed by atoms with E-state index in [-0.39, 0.29) is 25.0 Å². The van der Waals surface area contributed by atoms with Gasteiger partial charge in [0.2, 0.25) is 0 Å². The van der Waals surface area contributed by atoms with Gasteiger partial charge < -0.3 is 25.2 Å². The summed E-state index contributed by atoms with van der Waals surface area (Å²) in [6.07, 6.45) is 7.11. The lowest BCUT2D eigenvalue weighted by atomic mass is 9.49. The summed E-state index contributed by atoms with van der Waals surface area (Å²) in [5.74, 6) is 0.665. The van der Waals surface area contributed by atoms with Crippen molar-refractivity contribution in [3.05, 3.63) is 54.6 Å². The number of nitrogens with zero attached hydrogens (tertiary/aromatic N) is 2. The maximum absolute atomic E-state index is 14.4. The molecule has 216 valence electrons. The van der Waals surface area contributed by atoms with Gasteiger partial charge >= 0.3 is 12.0 Å². The monoisotopic (exact) mass is 558 g/mol. The molecule has 7 rings (SSSR count). The average Bonchev–Trinajstić information content (AvgIpc) is 3.01. The van der Waals surface area contributed by atoms with Crippen molar-refractivity contribution in [3.8, 4) is 0 Å². The zero-order valence-electron chi connectivity index (χ0n) is 23.5. The SMILES string of the molecule is CCOC(=O)CCN1C(=O)C(NC(=O)Nc2ccccc2)C(=O)N(CC23CC4CC(CC(C4)C2)C3)c2ccccc21. The fourth-order valence-electron chi connectivity index (χ4n) is 8.17. The molecule has 41 heavy (non-hydrogen) atoms. The van der Waals surface area contributed by atoms with E-state index in [2.05, 4.69) is 10.6 Å². The molecular formula is C32H38N4O5. The maximum atomic E-state index is 14.4. The highest BCUT2D eigenvalue weighted by atomic mass is 16.5. The molecule has 2 N–H and O–H groups in total. The van der Waals surface area contributed by atoms with Crippen LogP contribution in [0.1, 0.15) is 51.9 Å². The van der Waals surface area contributed by atoms with Crippen molar-refractivity contribution < 1.29 is 23.9 Å². The Morgan fingerprint density at radius 2 is 1.41 bits per heavy atom. The van der Waals surface area contributed by atoms with Crippen LogP contribution in [0.25, 0.3) is 0 Å². The molecule has 1 atom stereocenters. The number of benzene rings is 2. The number of carbonyl (C=O) groups excluding carboxylic acids is 4. The number of urea groups is 1. The number of fused-ring (bicyclic) bond motifs is 1. The number of nitrogens with one attached hydrogen (secondary N) is 2. The molecule has 4 aliphatic carbocycles. The van der Waals surface area contributed by atoms with E-state index in [0.29, 0.717) is 41.4 Å². The summed E-state index contributed by atoms with van der Waals surface area (Å²) in [5, 5.41) is 5.40. The molecule has 9 nitrogen and oxygen atoms in total. The van der Waals surface area contributed by atoms with E-state index in [1.54, 1.807) is 36.1 Å². The minimum atomic E-state index is -1.44. The first-order valence-corrected chi connectivity index (χ1v) is 14.8. The Kier molecular flexibility index (Phi) is 7.45. The number of carbonyl (C=O) groups is 4.